The molecule has 1 fully saturated rings. The molecule has 122 valence electrons. The Morgan fingerprint density at radius 2 is 2.23 bits per heavy atom. The van der Waals surface area contributed by atoms with Crippen molar-refractivity contribution in [2.24, 2.45) is 10.9 Å². The fourth-order valence-corrected chi connectivity index (χ4v) is 2.54. The highest BCUT2D eigenvalue weighted by atomic mass is 16.7. The first-order valence-electron chi connectivity index (χ1n) is 7.42. The van der Waals surface area contributed by atoms with Crippen LogP contribution in [0.4, 0.5) is 0 Å². The van der Waals surface area contributed by atoms with Crippen LogP contribution < -0.4 is 10.5 Å². The van der Waals surface area contributed by atoms with Gasteiger partial charge in [0, 0.05) is 5.56 Å². The molecule has 1 heterocycles. The summed E-state index contributed by atoms with van der Waals surface area (Å²) >= 11 is 0. The largest absolute Gasteiger partial charge is 0.490 e. The van der Waals surface area contributed by atoms with Crippen molar-refractivity contribution in [3.05, 3.63) is 28.8 Å². The lowest BCUT2D eigenvalue weighted by molar-refractivity contribution is -0.141. The van der Waals surface area contributed by atoms with Crippen molar-refractivity contribution in [2.45, 2.75) is 46.0 Å². The van der Waals surface area contributed by atoms with Crippen LogP contribution in [0.3, 0.4) is 0 Å². The molecule has 2 rings (SSSR count). The Balaban J connectivity index is 2.14. The number of aryl methyl sites for hydroxylation is 2. The predicted molar refractivity (Wildman–Crippen MR) is 83.5 cm³/mol. The van der Waals surface area contributed by atoms with E-state index in [1.807, 2.05) is 39.8 Å². The third-order valence-electron chi connectivity index (χ3n) is 3.62. The number of benzene rings is 1. The third kappa shape index (κ3) is 3.69. The van der Waals surface area contributed by atoms with Gasteiger partial charge in [-0.25, -0.2) is 0 Å². The Hall–Kier alpha value is -1.79. The zero-order valence-electron chi connectivity index (χ0n) is 13.5. The van der Waals surface area contributed by atoms with Gasteiger partial charge in [0.15, 0.2) is 11.6 Å². The number of hydrogen-bond acceptors (Lipinski definition) is 5. The standard InChI is InChI=1S/C16H24N2O4/c1-5-11-7-12(15(17)18-19)6-10(2)14(11)20-8-13-9-21-16(3,4)22-13/h6-7,13,19H,5,8-9H2,1-4H3,(H2,17,18). The molecule has 0 amide bonds. The van der Waals surface area contributed by atoms with Crippen LogP contribution in [0.1, 0.15) is 37.5 Å². The minimum absolute atomic E-state index is 0.0807. The van der Waals surface area contributed by atoms with E-state index in [0.29, 0.717) is 18.8 Å². The molecule has 0 radical (unpaired) electrons. The number of rotatable bonds is 5. The molecule has 22 heavy (non-hydrogen) atoms. The second kappa shape index (κ2) is 6.54. The maximum absolute atomic E-state index is 8.81. The molecular formula is C16H24N2O4. The van der Waals surface area contributed by atoms with Gasteiger partial charge in [0.2, 0.25) is 0 Å². The quantitative estimate of drug-likeness (QED) is 0.377. The summed E-state index contributed by atoms with van der Waals surface area (Å²) in [5.41, 5.74) is 8.31. The molecule has 1 atom stereocenters. The third-order valence-corrected chi connectivity index (χ3v) is 3.62. The smallest absolute Gasteiger partial charge is 0.170 e. The van der Waals surface area contributed by atoms with Gasteiger partial charge in [0.1, 0.15) is 18.5 Å². The van der Waals surface area contributed by atoms with Crippen LogP contribution >= 0.6 is 0 Å². The van der Waals surface area contributed by atoms with Crippen molar-refractivity contribution < 1.29 is 19.4 Å². The van der Waals surface area contributed by atoms with Crippen molar-refractivity contribution >= 4 is 5.84 Å². The van der Waals surface area contributed by atoms with Gasteiger partial charge in [-0.1, -0.05) is 12.1 Å². The summed E-state index contributed by atoms with van der Waals surface area (Å²) in [4.78, 5) is 0. The van der Waals surface area contributed by atoms with E-state index in [1.54, 1.807) is 0 Å². The fraction of sp³-hybridized carbons (Fsp3) is 0.562. The lowest BCUT2D eigenvalue weighted by Crippen LogP contribution is -2.25. The minimum Gasteiger partial charge on any atom is -0.490 e. The summed E-state index contributed by atoms with van der Waals surface area (Å²) < 4.78 is 17.2. The van der Waals surface area contributed by atoms with Gasteiger partial charge < -0.3 is 25.2 Å². The second-order valence-electron chi connectivity index (χ2n) is 5.88. The molecule has 6 nitrogen and oxygen atoms in total. The minimum atomic E-state index is -0.549. The van der Waals surface area contributed by atoms with Gasteiger partial charge in [0.25, 0.3) is 0 Å². The zero-order valence-corrected chi connectivity index (χ0v) is 13.5. The molecule has 1 aliphatic rings. The van der Waals surface area contributed by atoms with Crippen LogP contribution in [0.25, 0.3) is 0 Å². The highest BCUT2D eigenvalue weighted by Crippen LogP contribution is 2.28. The van der Waals surface area contributed by atoms with Crippen LogP contribution in [0.5, 0.6) is 5.75 Å². The molecule has 1 aromatic carbocycles. The Bertz CT molecular complexity index is 570. The van der Waals surface area contributed by atoms with Gasteiger partial charge >= 0.3 is 0 Å². The van der Waals surface area contributed by atoms with Gasteiger partial charge in [-0.2, -0.15) is 0 Å². The lowest BCUT2D eigenvalue weighted by atomic mass is 10.0. The topological polar surface area (TPSA) is 86.3 Å². The fourth-order valence-electron chi connectivity index (χ4n) is 2.54. The van der Waals surface area contributed by atoms with Gasteiger partial charge in [-0.15, -0.1) is 0 Å². The summed E-state index contributed by atoms with van der Waals surface area (Å²) in [5.74, 6) is 0.371. The van der Waals surface area contributed by atoms with Crippen LogP contribution in [-0.4, -0.2) is 36.1 Å². The van der Waals surface area contributed by atoms with Crippen LogP contribution in [0.15, 0.2) is 17.3 Å². The Morgan fingerprint density at radius 1 is 1.50 bits per heavy atom. The molecule has 1 aliphatic heterocycles. The normalized spacial score (nSPS) is 21.1. The summed E-state index contributed by atoms with van der Waals surface area (Å²) in [7, 11) is 0. The number of amidine groups is 1. The first kappa shape index (κ1) is 16.6. The summed E-state index contributed by atoms with van der Waals surface area (Å²) in [6, 6.07) is 3.73. The van der Waals surface area contributed by atoms with Gasteiger partial charge in [0.05, 0.1) is 6.61 Å². The number of ether oxygens (including phenoxy) is 3. The Labute approximate surface area is 130 Å². The van der Waals surface area contributed by atoms with Crippen molar-refractivity contribution in [1.82, 2.24) is 0 Å². The van der Waals surface area contributed by atoms with E-state index in [0.717, 1.165) is 23.3 Å². The summed E-state index contributed by atoms with van der Waals surface area (Å²) in [5, 5.41) is 11.9. The van der Waals surface area contributed by atoms with E-state index in [-0.39, 0.29) is 11.9 Å². The number of oxime groups is 1. The van der Waals surface area contributed by atoms with E-state index in [9.17, 15) is 0 Å². The van der Waals surface area contributed by atoms with E-state index in [2.05, 4.69) is 5.16 Å². The molecule has 6 heteroatoms. The van der Waals surface area contributed by atoms with Crippen molar-refractivity contribution in [1.29, 1.82) is 0 Å². The van der Waals surface area contributed by atoms with Crippen molar-refractivity contribution in [3.63, 3.8) is 0 Å². The number of nitrogens with two attached hydrogens (primary N) is 1. The highest BCUT2D eigenvalue weighted by Gasteiger charge is 2.33. The maximum atomic E-state index is 8.81. The van der Waals surface area contributed by atoms with E-state index >= 15 is 0 Å². The molecule has 1 unspecified atom stereocenters. The molecule has 0 aliphatic carbocycles. The first-order chi connectivity index (χ1) is 10.4. The predicted octanol–water partition coefficient (Wildman–Crippen LogP) is 2.18. The van der Waals surface area contributed by atoms with Gasteiger partial charge in [-0.05, 0) is 50.5 Å². The maximum Gasteiger partial charge on any atom is 0.170 e. The molecule has 3 N–H and O–H groups in total. The number of nitrogens with zero attached hydrogens (tertiary/aromatic N) is 1. The molecule has 0 saturated carbocycles. The molecule has 1 aromatic rings. The average Bonchev–Trinajstić information content (AvgIpc) is 2.83. The molecular weight excluding hydrogens is 284 g/mol. The van der Waals surface area contributed by atoms with Crippen LogP contribution in [0, 0.1) is 6.92 Å². The lowest BCUT2D eigenvalue weighted by Gasteiger charge is -2.19. The van der Waals surface area contributed by atoms with Gasteiger partial charge in [-0.3, -0.25) is 0 Å². The van der Waals surface area contributed by atoms with Crippen molar-refractivity contribution in [2.75, 3.05) is 13.2 Å². The summed E-state index contributed by atoms with van der Waals surface area (Å²) in [6.45, 7) is 8.72. The highest BCUT2D eigenvalue weighted by molar-refractivity contribution is 5.97. The Morgan fingerprint density at radius 3 is 2.77 bits per heavy atom. The molecule has 0 bridgehead atoms. The van der Waals surface area contributed by atoms with Crippen LogP contribution in [-0.2, 0) is 15.9 Å². The first-order valence-corrected chi connectivity index (χ1v) is 7.42. The molecule has 0 spiro atoms. The second-order valence-corrected chi connectivity index (χ2v) is 5.88. The van der Waals surface area contributed by atoms with E-state index in [4.69, 9.17) is 25.2 Å². The molecule has 1 saturated heterocycles. The summed E-state index contributed by atoms with van der Waals surface area (Å²) in [6.07, 6.45) is 0.707. The van der Waals surface area contributed by atoms with E-state index < -0.39 is 5.79 Å². The monoisotopic (exact) mass is 308 g/mol. The zero-order chi connectivity index (χ0) is 16.3. The van der Waals surface area contributed by atoms with Crippen LogP contribution in [0.2, 0.25) is 0 Å². The average molecular weight is 308 g/mol. The Kier molecular flexibility index (Phi) is 4.93. The molecule has 0 aromatic heterocycles. The van der Waals surface area contributed by atoms with E-state index in [1.165, 1.54) is 0 Å². The SMILES string of the molecule is CCc1cc(C(N)=NO)cc(C)c1OCC1COC(C)(C)O1. The van der Waals surface area contributed by atoms with Crippen molar-refractivity contribution in [3.8, 4) is 5.75 Å². The number of hydrogen-bond donors (Lipinski definition) is 2.